The predicted molar refractivity (Wildman–Crippen MR) is 197 cm³/mol. The topological polar surface area (TPSA) is 188 Å². The first-order valence-corrected chi connectivity index (χ1v) is 17.2. The molecule has 0 bridgehead atoms. The number of carbonyl (C=O) groups excluding carboxylic acids is 4. The molecule has 14 nitrogen and oxygen atoms in total. The minimum Gasteiger partial charge on any atom is -0.857 e. The van der Waals surface area contributed by atoms with E-state index in [1.54, 1.807) is 0 Å². The molecule has 1 fully saturated rings. The molecule has 0 aliphatic carbocycles. The summed E-state index contributed by atoms with van der Waals surface area (Å²) in [6.07, 6.45) is 3.09. The zero-order chi connectivity index (χ0) is 39.1. The number of rotatable bonds is 16. The van der Waals surface area contributed by atoms with Crippen LogP contribution in [0.5, 0.6) is 0 Å². The number of carbonyl (C=O) groups is 4. The van der Waals surface area contributed by atoms with Crippen LogP contribution in [0.2, 0.25) is 0 Å². The first-order valence-electron chi connectivity index (χ1n) is 17.2. The molecule has 3 N–H and O–H groups in total. The number of nitrogens with two attached hydrogens (primary N) is 1. The smallest absolute Gasteiger partial charge is 0.857 e. The van der Waals surface area contributed by atoms with Gasteiger partial charge in [0.05, 0.1) is 31.3 Å². The predicted octanol–water partition coefficient (Wildman–Crippen LogP) is 1.18. The van der Waals surface area contributed by atoms with Gasteiger partial charge in [-0.1, -0.05) is 80.7 Å². The number of amides is 3. The van der Waals surface area contributed by atoms with E-state index in [0.717, 1.165) is 7.11 Å². The normalized spacial score (nSPS) is 16.8. The third-order valence-electron chi connectivity index (χ3n) is 7.65. The quantitative estimate of drug-likeness (QED) is 0.0584. The fraction of sp³-hybridized carbons (Fsp3) is 0.722. The molecule has 1 aliphatic rings. The molecule has 1 aliphatic heterocycles. The van der Waals surface area contributed by atoms with Gasteiger partial charge < -0.3 is 30.4 Å². The van der Waals surface area contributed by atoms with Gasteiger partial charge in [0.25, 0.3) is 0 Å². The van der Waals surface area contributed by atoms with Gasteiger partial charge in [0, 0.05) is 0 Å². The van der Waals surface area contributed by atoms with Crippen molar-refractivity contribution in [3.8, 4) is 0 Å². The summed E-state index contributed by atoms with van der Waals surface area (Å²) in [5.41, 5.74) is 6.22. The molecular formula is C36H65KN6O8. The van der Waals surface area contributed by atoms with Crippen molar-refractivity contribution in [2.75, 3.05) is 40.5 Å². The van der Waals surface area contributed by atoms with Crippen molar-refractivity contribution in [2.24, 2.45) is 39.4 Å². The average molecular weight is 749 g/mol. The standard InChI is InChI=1S/C18H33N3O4.C17H29N3O3.CH3O.K/c1-8-9-25-18(23)21(11-16(22)24-7)15(10-12(2)3)17(19)20-14(6)13(4)5;1-7-8-23-17(22)20-10-15(21)19-16(14(20)9-11(2)3)18-13(6)12(4)5;1-2;/h8,12-15H,1,9-11H2,2-7H3,(H2,19,20);7,11-14H,1,8-10H2,2-6H3,(H,18,19,21);1H3;/q;;-1;+1/t14-,15?;13-,14?;;/m11../s1. The molecule has 1 saturated heterocycles. The molecule has 0 aromatic rings. The van der Waals surface area contributed by atoms with Gasteiger partial charge in [0.1, 0.15) is 38.0 Å². The molecule has 1 rings (SSSR count). The molecule has 0 saturated carbocycles. The maximum Gasteiger partial charge on any atom is 1.00 e. The van der Waals surface area contributed by atoms with Crippen LogP contribution >= 0.6 is 0 Å². The molecule has 1 heterocycles. The number of hydrogen-bond donors (Lipinski definition) is 2. The van der Waals surface area contributed by atoms with E-state index < -0.39 is 24.2 Å². The van der Waals surface area contributed by atoms with E-state index in [0.29, 0.717) is 42.3 Å². The van der Waals surface area contributed by atoms with Crippen LogP contribution in [0, 0.1) is 23.7 Å². The Morgan fingerprint density at radius 3 is 1.94 bits per heavy atom. The third-order valence-corrected chi connectivity index (χ3v) is 7.65. The van der Waals surface area contributed by atoms with E-state index >= 15 is 0 Å². The number of ether oxygens (including phenoxy) is 3. The summed E-state index contributed by atoms with van der Waals surface area (Å²) >= 11 is 0. The average Bonchev–Trinajstić information content (AvgIpc) is 3.05. The summed E-state index contributed by atoms with van der Waals surface area (Å²) in [6.45, 7) is 27.3. The molecule has 4 atom stereocenters. The molecule has 0 radical (unpaired) electrons. The molecule has 0 aromatic heterocycles. The summed E-state index contributed by atoms with van der Waals surface area (Å²) in [4.78, 5) is 60.4. The number of hydrogen-bond acceptors (Lipinski definition) is 10. The fourth-order valence-electron chi connectivity index (χ4n) is 4.30. The Morgan fingerprint density at radius 2 is 1.49 bits per heavy atom. The minimum absolute atomic E-state index is 0. The van der Waals surface area contributed by atoms with Crippen LogP contribution in [-0.4, -0.2) is 110 Å². The summed E-state index contributed by atoms with van der Waals surface area (Å²) in [6, 6.07) is -0.758. The zero-order valence-corrected chi connectivity index (χ0v) is 36.7. The van der Waals surface area contributed by atoms with E-state index in [2.05, 4.69) is 56.2 Å². The van der Waals surface area contributed by atoms with E-state index in [-0.39, 0.29) is 108 Å². The van der Waals surface area contributed by atoms with Gasteiger partial charge in [-0.2, -0.15) is 7.11 Å². The maximum atomic E-state index is 12.4. The second kappa shape index (κ2) is 29.2. The van der Waals surface area contributed by atoms with Crippen molar-refractivity contribution >= 4 is 35.7 Å². The number of methoxy groups -OCH3 is 1. The number of esters is 1. The molecule has 2 unspecified atom stereocenters. The van der Waals surface area contributed by atoms with Crippen molar-refractivity contribution in [3.63, 3.8) is 0 Å². The van der Waals surface area contributed by atoms with E-state index in [4.69, 9.17) is 25.1 Å². The van der Waals surface area contributed by atoms with Crippen molar-refractivity contribution < 1.29 is 89.9 Å². The Balaban J connectivity index is -0.000000847. The third kappa shape index (κ3) is 21.7. The summed E-state index contributed by atoms with van der Waals surface area (Å²) in [5.74, 6) is 1.33. The van der Waals surface area contributed by atoms with Crippen molar-refractivity contribution in [3.05, 3.63) is 25.3 Å². The second-order valence-electron chi connectivity index (χ2n) is 13.4. The Morgan fingerprint density at radius 1 is 0.961 bits per heavy atom. The number of aliphatic imine (C=N–C) groups is 2. The molecule has 288 valence electrons. The summed E-state index contributed by atoms with van der Waals surface area (Å²) < 4.78 is 14.9. The zero-order valence-electron chi connectivity index (χ0n) is 33.6. The van der Waals surface area contributed by atoms with Crippen molar-refractivity contribution in [1.29, 1.82) is 0 Å². The van der Waals surface area contributed by atoms with Gasteiger partial charge in [-0.15, -0.1) is 0 Å². The molecule has 15 heteroatoms. The van der Waals surface area contributed by atoms with Gasteiger partial charge in [-0.25, -0.2) is 9.59 Å². The van der Waals surface area contributed by atoms with E-state index in [1.807, 2.05) is 41.5 Å². The van der Waals surface area contributed by atoms with Gasteiger partial charge in [0.15, 0.2) is 0 Å². The minimum atomic E-state index is -0.647. The second-order valence-corrected chi connectivity index (χ2v) is 13.4. The first kappa shape index (κ1) is 53.1. The number of nitrogens with zero attached hydrogens (tertiary/aromatic N) is 4. The molecule has 0 spiro atoms. The van der Waals surface area contributed by atoms with Crippen molar-refractivity contribution in [1.82, 2.24) is 15.1 Å². The molecule has 0 aromatic carbocycles. The monoisotopic (exact) mass is 748 g/mol. The van der Waals surface area contributed by atoms with Crippen LogP contribution in [0.15, 0.2) is 35.3 Å². The van der Waals surface area contributed by atoms with Crippen LogP contribution in [0.3, 0.4) is 0 Å². The maximum absolute atomic E-state index is 12.4. The number of amidine groups is 2. The fourth-order valence-corrected chi connectivity index (χ4v) is 4.30. The van der Waals surface area contributed by atoms with Gasteiger partial charge in [-0.3, -0.25) is 29.4 Å². The Bertz CT molecular complexity index is 1130. The largest absolute Gasteiger partial charge is 1.00 e. The SMILES string of the molecule is C=CCOC(=O)N(CC(=O)OC)C(CC(C)C)C(N)=N[C@H](C)C(C)C.C=CCOC(=O)N1CC(=O)NC(=N[C@H](C)C(C)C)C1CC(C)C.C[O-].[K+]. The molecular weight excluding hydrogens is 684 g/mol. The van der Waals surface area contributed by atoms with E-state index in [1.165, 1.54) is 29.1 Å². The van der Waals surface area contributed by atoms with E-state index in [9.17, 15) is 19.2 Å². The molecule has 3 amide bonds. The first-order chi connectivity index (χ1) is 23.4. The summed E-state index contributed by atoms with van der Waals surface area (Å²) in [5, 5.41) is 11.1. The molecule has 51 heavy (non-hydrogen) atoms. The number of piperazine rings is 1. The Labute approximate surface area is 349 Å². The van der Waals surface area contributed by atoms with Gasteiger partial charge in [-0.05, 0) is 50.4 Å². The Hall–Kier alpha value is -2.30. The Kier molecular flexibility index (Phi) is 30.4. The van der Waals surface area contributed by atoms with Gasteiger partial charge in [0.2, 0.25) is 5.91 Å². The summed E-state index contributed by atoms with van der Waals surface area (Å²) in [7, 11) is 2.02. The van der Waals surface area contributed by atoms with Gasteiger partial charge >= 0.3 is 69.5 Å². The van der Waals surface area contributed by atoms with Crippen LogP contribution in [-0.2, 0) is 23.8 Å². The van der Waals surface area contributed by atoms with Crippen LogP contribution in [0.1, 0.15) is 82.1 Å². The number of nitrogens with one attached hydrogen (secondary N) is 1. The van der Waals surface area contributed by atoms with Crippen LogP contribution in [0.4, 0.5) is 9.59 Å². The van der Waals surface area contributed by atoms with Crippen LogP contribution < -0.4 is 67.5 Å². The van der Waals surface area contributed by atoms with Crippen LogP contribution in [0.25, 0.3) is 0 Å². The van der Waals surface area contributed by atoms with Crippen molar-refractivity contribution in [2.45, 2.75) is 106 Å².